The van der Waals surface area contributed by atoms with E-state index >= 15 is 0 Å². The molecule has 0 bridgehead atoms. The molecule has 0 aromatic rings. The Hall–Kier alpha value is -0.660. The van der Waals surface area contributed by atoms with Crippen molar-refractivity contribution in [2.45, 2.75) is 142 Å². The SMILES string of the molecule is CCCCCCCCCCCCCCCCCCC(C(=O)[O-])(C(C)(C)CCS(=O)(=O)O)[N+](C)(C)C. The average Bonchev–Trinajstić information content (AvgIpc) is 2.73. The zero-order valence-corrected chi connectivity index (χ0v) is 24.7. The van der Waals surface area contributed by atoms with Gasteiger partial charge in [0.15, 0.2) is 0 Å². The number of rotatable bonds is 23. The summed E-state index contributed by atoms with van der Waals surface area (Å²) < 4.78 is 32.0. The Morgan fingerprint density at radius 3 is 1.34 bits per heavy atom. The summed E-state index contributed by atoms with van der Waals surface area (Å²) in [7, 11) is 1.33. The summed E-state index contributed by atoms with van der Waals surface area (Å²) in [5, 5.41) is 12.5. The number of aliphatic carboxylic acids is 1. The maximum atomic E-state index is 12.5. The molecule has 0 aliphatic heterocycles. The van der Waals surface area contributed by atoms with E-state index in [1.165, 1.54) is 83.5 Å². The lowest BCUT2D eigenvalue weighted by atomic mass is 9.65. The summed E-state index contributed by atoms with van der Waals surface area (Å²) in [6, 6.07) is 0. The first-order chi connectivity index (χ1) is 16.2. The molecule has 1 N–H and O–H groups in total. The minimum atomic E-state index is -4.16. The molecule has 1 unspecified atom stereocenters. The Morgan fingerprint density at radius 1 is 0.714 bits per heavy atom. The Morgan fingerprint density at radius 2 is 1.06 bits per heavy atom. The van der Waals surface area contributed by atoms with Gasteiger partial charge < -0.3 is 14.4 Å². The van der Waals surface area contributed by atoms with E-state index < -0.39 is 32.8 Å². The molecule has 210 valence electrons. The fourth-order valence-electron chi connectivity index (χ4n) is 5.75. The highest BCUT2D eigenvalue weighted by atomic mass is 32.2. The van der Waals surface area contributed by atoms with E-state index in [0.717, 1.165) is 19.3 Å². The van der Waals surface area contributed by atoms with E-state index in [1.807, 2.05) is 21.1 Å². The summed E-state index contributed by atoms with van der Waals surface area (Å²) in [5.74, 6) is -1.60. The second kappa shape index (κ2) is 17.0. The molecule has 0 spiro atoms. The zero-order chi connectivity index (χ0) is 27.0. The summed E-state index contributed by atoms with van der Waals surface area (Å²) >= 11 is 0. The minimum absolute atomic E-state index is 0.0637. The van der Waals surface area contributed by atoms with Gasteiger partial charge in [-0.2, -0.15) is 8.42 Å². The molecule has 0 aliphatic carbocycles. The Balaban J connectivity index is 4.32. The van der Waals surface area contributed by atoms with Crippen molar-refractivity contribution in [3.05, 3.63) is 0 Å². The van der Waals surface area contributed by atoms with Gasteiger partial charge in [0, 0.05) is 11.8 Å². The average molecular weight is 520 g/mol. The number of unbranched alkanes of at least 4 members (excludes halogenated alkanes) is 15. The van der Waals surface area contributed by atoms with Crippen molar-refractivity contribution in [3.8, 4) is 0 Å². The highest BCUT2D eigenvalue weighted by Crippen LogP contribution is 2.44. The summed E-state index contributed by atoms with van der Waals surface area (Å²) in [4.78, 5) is 12.5. The molecule has 35 heavy (non-hydrogen) atoms. The first kappa shape index (κ1) is 34.3. The third-order valence-electron chi connectivity index (χ3n) is 7.98. The van der Waals surface area contributed by atoms with Crippen LogP contribution < -0.4 is 5.11 Å². The molecule has 0 aliphatic rings. The summed E-state index contributed by atoms with van der Waals surface area (Å²) in [6.45, 7) is 5.82. The van der Waals surface area contributed by atoms with Gasteiger partial charge in [0.25, 0.3) is 10.1 Å². The van der Waals surface area contributed by atoms with Crippen LogP contribution in [-0.2, 0) is 14.9 Å². The van der Waals surface area contributed by atoms with Gasteiger partial charge in [0.05, 0.1) is 26.9 Å². The molecule has 0 heterocycles. The van der Waals surface area contributed by atoms with Crippen LogP contribution in [0.5, 0.6) is 0 Å². The lowest BCUT2D eigenvalue weighted by Crippen LogP contribution is -2.72. The molecule has 7 heteroatoms. The van der Waals surface area contributed by atoms with E-state index in [-0.39, 0.29) is 10.9 Å². The van der Waals surface area contributed by atoms with Crippen molar-refractivity contribution in [1.29, 1.82) is 0 Å². The van der Waals surface area contributed by atoms with E-state index in [0.29, 0.717) is 6.42 Å². The molecule has 0 rings (SSSR count). The monoisotopic (exact) mass is 519 g/mol. The number of carbonyl (C=O) groups is 1. The van der Waals surface area contributed by atoms with Crippen LogP contribution in [-0.4, -0.2) is 55.9 Å². The number of carboxylic acids is 1. The molecule has 6 nitrogen and oxygen atoms in total. The number of nitrogens with zero attached hydrogens (tertiary/aromatic N) is 1. The van der Waals surface area contributed by atoms with Crippen molar-refractivity contribution in [1.82, 2.24) is 0 Å². The molecule has 0 radical (unpaired) electrons. The smallest absolute Gasteiger partial charge is 0.264 e. The van der Waals surface area contributed by atoms with Crippen LogP contribution in [0.2, 0.25) is 0 Å². The van der Waals surface area contributed by atoms with Crippen molar-refractivity contribution in [2.75, 3.05) is 26.9 Å². The van der Waals surface area contributed by atoms with E-state index in [1.54, 1.807) is 13.8 Å². The van der Waals surface area contributed by atoms with Gasteiger partial charge in [-0.05, 0) is 12.8 Å². The molecule has 0 amide bonds. The topological polar surface area (TPSA) is 94.5 Å². The second-order valence-corrected chi connectivity index (χ2v) is 13.7. The quantitative estimate of drug-likeness (QED) is 0.0994. The normalized spacial score (nSPS) is 14.7. The molecule has 0 aromatic carbocycles. The maximum Gasteiger partial charge on any atom is 0.264 e. The molecule has 1 atom stereocenters. The van der Waals surface area contributed by atoms with Gasteiger partial charge in [0.2, 0.25) is 0 Å². The van der Waals surface area contributed by atoms with Crippen LogP contribution in [0.25, 0.3) is 0 Å². The molecule has 0 saturated heterocycles. The third-order valence-corrected chi connectivity index (χ3v) is 8.70. The third kappa shape index (κ3) is 13.5. The fraction of sp³-hybridized carbons (Fsp3) is 0.964. The number of carbonyl (C=O) groups excluding carboxylic acids is 1. The van der Waals surface area contributed by atoms with Crippen LogP contribution in [0.4, 0.5) is 0 Å². The first-order valence-corrected chi connectivity index (χ1v) is 15.8. The van der Waals surface area contributed by atoms with E-state index in [9.17, 15) is 22.9 Å². The lowest BCUT2D eigenvalue weighted by Gasteiger charge is -2.55. The van der Waals surface area contributed by atoms with Crippen molar-refractivity contribution < 1.29 is 27.4 Å². The Kier molecular flexibility index (Phi) is 16.6. The molecule has 0 saturated carbocycles. The van der Waals surface area contributed by atoms with Gasteiger partial charge in [-0.25, -0.2) is 0 Å². The number of carboxylic acid groups (broad SMARTS) is 1. The van der Waals surface area contributed by atoms with E-state index in [4.69, 9.17) is 0 Å². The first-order valence-electron chi connectivity index (χ1n) is 14.2. The number of hydrogen-bond donors (Lipinski definition) is 1. The van der Waals surface area contributed by atoms with E-state index in [2.05, 4.69) is 6.92 Å². The van der Waals surface area contributed by atoms with Crippen LogP contribution in [0.1, 0.15) is 136 Å². The fourth-order valence-corrected chi connectivity index (χ4v) is 6.52. The van der Waals surface area contributed by atoms with Gasteiger partial charge >= 0.3 is 0 Å². The van der Waals surface area contributed by atoms with Crippen LogP contribution in [0.3, 0.4) is 0 Å². The standard InChI is InChI=1S/C28H57NO5S/c1-7-8-9-10-11-12-13-14-15-16-17-18-19-20-21-22-23-28(26(30)31,29(4,5)6)27(2,3)24-25-35(32,33)34/h7-25H2,1-6H3,(H-,30,31,32,33,34). The second-order valence-electron chi connectivity index (χ2n) is 12.1. The van der Waals surface area contributed by atoms with Gasteiger partial charge in [-0.15, -0.1) is 0 Å². The summed E-state index contributed by atoms with van der Waals surface area (Å²) in [6.07, 6.45) is 20.6. The van der Waals surface area contributed by atoms with Crippen molar-refractivity contribution in [3.63, 3.8) is 0 Å². The van der Waals surface area contributed by atoms with Gasteiger partial charge in [-0.1, -0.05) is 117 Å². The number of likely N-dealkylation sites (N-methyl/N-ethyl adjacent to an activating group) is 1. The Labute approximate surface area is 217 Å². The largest absolute Gasteiger partial charge is 0.544 e. The zero-order valence-electron chi connectivity index (χ0n) is 23.9. The Bertz CT molecular complexity index is 669. The molecular formula is C28H57NO5S. The highest BCUT2D eigenvalue weighted by molar-refractivity contribution is 7.85. The van der Waals surface area contributed by atoms with Crippen molar-refractivity contribution >= 4 is 16.1 Å². The van der Waals surface area contributed by atoms with Gasteiger partial charge in [-0.3, -0.25) is 4.55 Å². The summed E-state index contributed by atoms with van der Waals surface area (Å²) in [5.41, 5.74) is -2.11. The predicted octanol–water partition coefficient (Wildman–Crippen LogP) is 6.14. The highest BCUT2D eigenvalue weighted by Gasteiger charge is 2.55. The maximum absolute atomic E-state index is 12.5. The van der Waals surface area contributed by atoms with Crippen LogP contribution in [0.15, 0.2) is 0 Å². The number of quaternary nitrogens is 1. The molecular weight excluding hydrogens is 462 g/mol. The molecule has 0 aromatic heterocycles. The lowest BCUT2D eigenvalue weighted by molar-refractivity contribution is -0.925. The van der Waals surface area contributed by atoms with Crippen LogP contribution >= 0.6 is 0 Å². The molecule has 0 fully saturated rings. The van der Waals surface area contributed by atoms with Gasteiger partial charge in [0.1, 0.15) is 11.5 Å². The van der Waals surface area contributed by atoms with Crippen molar-refractivity contribution in [2.24, 2.45) is 5.41 Å². The minimum Gasteiger partial charge on any atom is -0.544 e. The predicted molar refractivity (Wildman–Crippen MR) is 145 cm³/mol. The number of hydrogen-bond acceptors (Lipinski definition) is 4. The van der Waals surface area contributed by atoms with Crippen LogP contribution in [0, 0.1) is 5.41 Å².